The monoisotopic (exact) mass is 403 g/mol. The van der Waals surface area contributed by atoms with Gasteiger partial charge in [-0.05, 0) is 29.7 Å². The van der Waals surface area contributed by atoms with Gasteiger partial charge in [0.15, 0.2) is 5.65 Å². The van der Waals surface area contributed by atoms with Crippen LogP contribution in [0.2, 0.25) is 0 Å². The van der Waals surface area contributed by atoms with Crippen LogP contribution in [0.1, 0.15) is 43.2 Å². The maximum absolute atomic E-state index is 12.3. The lowest BCUT2D eigenvalue weighted by Crippen LogP contribution is -2.45. The topological polar surface area (TPSA) is 62.5 Å². The number of rotatable bonds is 5. The number of benzene rings is 1. The van der Waals surface area contributed by atoms with Gasteiger partial charge in [0.05, 0.1) is 5.69 Å². The van der Waals surface area contributed by atoms with Crippen LogP contribution in [0.5, 0.6) is 0 Å². The van der Waals surface area contributed by atoms with E-state index in [4.69, 9.17) is 5.10 Å². The maximum Gasteiger partial charge on any atom is 0.246 e. The third-order valence-corrected chi connectivity index (χ3v) is 5.91. The lowest BCUT2D eigenvalue weighted by atomic mass is 9.77. The Labute approximate surface area is 177 Å². The molecule has 1 aromatic carbocycles. The Bertz CT molecular complexity index is 1060. The van der Waals surface area contributed by atoms with Gasteiger partial charge < -0.3 is 10.2 Å². The average Bonchev–Trinajstić information content (AvgIpc) is 3.18. The minimum Gasteiger partial charge on any atom is -0.337 e. The molecule has 3 aromatic rings. The molecule has 0 unspecified atom stereocenters. The van der Waals surface area contributed by atoms with Crippen molar-refractivity contribution in [1.82, 2.24) is 24.8 Å². The molecule has 0 aliphatic carbocycles. The van der Waals surface area contributed by atoms with Gasteiger partial charge in [-0.2, -0.15) is 5.10 Å². The minimum absolute atomic E-state index is 0.0749. The van der Waals surface area contributed by atoms with Crippen molar-refractivity contribution in [3.63, 3.8) is 0 Å². The van der Waals surface area contributed by atoms with Crippen LogP contribution in [-0.4, -0.2) is 51.6 Å². The molecule has 2 aromatic heterocycles. The third kappa shape index (κ3) is 3.87. The van der Waals surface area contributed by atoms with Gasteiger partial charge in [-0.1, -0.05) is 45.0 Å². The van der Waals surface area contributed by atoms with Crippen LogP contribution in [0.15, 0.2) is 48.8 Å². The normalized spacial score (nSPS) is 15.2. The lowest BCUT2D eigenvalue weighted by Gasteiger charge is -2.26. The highest BCUT2D eigenvalue weighted by Gasteiger charge is 2.30. The Morgan fingerprint density at radius 2 is 1.93 bits per heavy atom. The first-order valence-electron chi connectivity index (χ1n) is 10.6. The van der Waals surface area contributed by atoms with Crippen LogP contribution < -0.4 is 5.32 Å². The van der Waals surface area contributed by atoms with E-state index in [9.17, 15) is 4.79 Å². The molecule has 0 spiro atoms. The fraction of sp³-hybridized carbons (Fsp3) is 0.375. The van der Waals surface area contributed by atoms with Crippen molar-refractivity contribution in [2.24, 2.45) is 0 Å². The standard InChI is InChI=1S/C24H29N5O/c1-4-20-22(23-26-12-5-15-29(23)27-20)24(2,3)19-9-6-18(7-10-19)8-11-21(30)28-16-13-25-14-17-28/h5-12,15,25H,4,13-14,16-17H2,1-3H3. The number of hydrogen-bond donors (Lipinski definition) is 1. The predicted octanol–water partition coefficient (Wildman–Crippen LogP) is 3.06. The van der Waals surface area contributed by atoms with E-state index >= 15 is 0 Å². The maximum atomic E-state index is 12.3. The van der Waals surface area contributed by atoms with Crippen molar-refractivity contribution in [1.29, 1.82) is 0 Å². The minimum atomic E-state index is -0.236. The molecule has 4 rings (SSSR count). The Balaban J connectivity index is 1.58. The smallest absolute Gasteiger partial charge is 0.246 e. The Kier molecular flexibility index (Phi) is 5.68. The molecule has 0 saturated carbocycles. The number of piperazine rings is 1. The molecule has 156 valence electrons. The number of nitrogens with zero attached hydrogens (tertiary/aromatic N) is 4. The molecule has 1 aliphatic rings. The zero-order chi connectivity index (χ0) is 21.1. The molecule has 0 bridgehead atoms. The first-order chi connectivity index (χ1) is 14.5. The van der Waals surface area contributed by atoms with E-state index in [0.717, 1.165) is 49.5 Å². The molecule has 1 saturated heterocycles. The largest absolute Gasteiger partial charge is 0.337 e. The quantitative estimate of drug-likeness (QED) is 0.665. The summed E-state index contributed by atoms with van der Waals surface area (Å²) in [5, 5.41) is 8.00. The number of carbonyl (C=O) groups is 1. The zero-order valence-electron chi connectivity index (χ0n) is 17.9. The van der Waals surface area contributed by atoms with E-state index in [2.05, 4.69) is 55.3 Å². The van der Waals surface area contributed by atoms with Gasteiger partial charge in [-0.15, -0.1) is 0 Å². The van der Waals surface area contributed by atoms with Gasteiger partial charge >= 0.3 is 0 Å². The van der Waals surface area contributed by atoms with E-state index < -0.39 is 0 Å². The Morgan fingerprint density at radius 3 is 2.63 bits per heavy atom. The van der Waals surface area contributed by atoms with Crippen LogP contribution >= 0.6 is 0 Å². The summed E-state index contributed by atoms with van der Waals surface area (Å²) in [5.41, 5.74) is 5.13. The van der Waals surface area contributed by atoms with Crippen LogP contribution in [0.4, 0.5) is 0 Å². The van der Waals surface area contributed by atoms with Crippen LogP contribution in [0.3, 0.4) is 0 Å². The summed E-state index contributed by atoms with van der Waals surface area (Å²) in [6.45, 7) is 9.83. The number of fused-ring (bicyclic) bond motifs is 1. The fourth-order valence-corrected chi connectivity index (χ4v) is 4.13. The van der Waals surface area contributed by atoms with E-state index in [1.807, 2.05) is 34.0 Å². The summed E-state index contributed by atoms with van der Waals surface area (Å²) in [7, 11) is 0. The van der Waals surface area contributed by atoms with Crippen molar-refractivity contribution in [2.45, 2.75) is 32.6 Å². The molecular formula is C24H29N5O. The molecule has 6 heteroatoms. The van der Waals surface area contributed by atoms with Crippen molar-refractivity contribution >= 4 is 17.6 Å². The molecular weight excluding hydrogens is 374 g/mol. The van der Waals surface area contributed by atoms with Crippen LogP contribution in [-0.2, 0) is 16.6 Å². The first-order valence-corrected chi connectivity index (χ1v) is 10.6. The molecule has 1 aliphatic heterocycles. The molecule has 6 nitrogen and oxygen atoms in total. The van der Waals surface area contributed by atoms with E-state index in [1.165, 1.54) is 11.1 Å². The van der Waals surface area contributed by atoms with Gasteiger partial charge in [-0.3, -0.25) is 4.79 Å². The SMILES string of the molecule is CCc1nn2cccnc2c1C(C)(C)c1ccc(C=CC(=O)N2CCNCC2)cc1. The summed E-state index contributed by atoms with van der Waals surface area (Å²) < 4.78 is 1.87. The third-order valence-electron chi connectivity index (χ3n) is 5.91. The molecule has 0 atom stereocenters. The molecule has 30 heavy (non-hydrogen) atoms. The van der Waals surface area contributed by atoms with E-state index in [0.29, 0.717) is 0 Å². The summed E-state index contributed by atoms with van der Waals surface area (Å²) in [6, 6.07) is 10.3. The van der Waals surface area contributed by atoms with Gasteiger partial charge in [0.25, 0.3) is 0 Å². The zero-order valence-corrected chi connectivity index (χ0v) is 17.9. The van der Waals surface area contributed by atoms with Gasteiger partial charge in [0, 0.05) is 55.6 Å². The van der Waals surface area contributed by atoms with Crippen LogP contribution in [0.25, 0.3) is 11.7 Å². The number of hydrogen-bond acceptors (Lipinski definition) is 4. The van der Waals surface area contributed by atoms with Gasteiger partial charge in [0.1, 0.15) is 0 Å². The average molecular weight is 404 g/mol. The summed E-state index contributed by atoms with van der Waals surface area (Å²) in [5.74, 6) is 0.0749. The van der Waals surface area contributed by atoms with Gasteiger partial charge in [-0.25, -0.2) is 9.50 Å². The van der Waals surface area contributed by atoms with E-state index in [-0.39, 0.29) is 11.3 Å². The second-order valence-corrected chi connectivity index (χ2v) is 8.22. The highest BCUT2D eigenvalue weighted by Crippen LogP contribution is 2.36. The number of carbonyl (C=O) groups excluding carboxylic acids is 1. The molecule has 1 N–H and O–H groups in total. The van der Waals surface area contributed by atoms with Crippen LogP contribution in [0, 0.1) is 0 Å². The van der Waals surface area contributed by atoms with Gasteiger partial charge in [0.2, 0.25) is 5.91 Å². The highest BCUT2D eigenvalue weighted by molar-refractivity contribution is 5.91. The number of aromatic nitrogens is 3. The summed E-state index contributed by atoms with van der Waals surface area (Å²) >= 11 is 0. The van der Waals surface area contributed by atoms with Crippen molar-refractivity contribution in [2.75, 3.05) is 26.2 Å². The van der Waals surface area contributed by atoms with Crippen molar-refractivity contribution in [3.05, 3.63) is 71.2 Å². The number of amides is 1. The second-order valence-electron chi connectivity index (χ2n) is 8.22. The fourth-order valence-electron chi connectivity index (χ4n) is 4.13. The Morgan fingerprint density at radius 1 is 1.20 bits per heavy atom. The number of nitrogens with one attached hydrogen (secondary N) is 1. The van der Waals surface area contributed by atoms with E-state index in [1.54, 1.807) is 6.08 Å². The molecule has 0 radical (unpaired) electrons. The first kappa shape index (κ1) is 20.3. The summed E-state index contributed by atoms with van der Waals surface area (Å²) in [4.78, 5) is 18.8. The second kappa shape index (κ2) is 8.40. The number of aryl methyl sites for hydroxylation is 1. The molecule has 1 fully saturated rings. The highest BCUT2D eigenvalue weighted by atomic mass is 16.2. The van der Waals surface area contributed by atoms with Crippen molar-refractivity contribution < 1.29 is 4.79 Å². The summed E-state index contributed by atoms with van der Waals surface area (Å²) in [6.07, 6.45) is 8.20. The van der Waals surface area contributed by atoms with Crippen molar-refractivity contribution in [3.8, 4) is 0 Å². The Hall–Kier alpha value is -2.99. The lowest BCUT2D eigenvalue weighted by molar-refractivity contribution is -0.126. The predicted molar refractivity (Wildman–Crippen MR) is 119 cm³/mol. The molecule has 3 heterocycles. The molecule has 1 amide bonds.